The van der Waals surface area contributed by atoms with Crippen molar-refractivity contribution in [1.82, 2.24) is 15.5 Å². The highest BCUT2D eigenvalue weighted by Gasteiger charge is 2.11. The Balaban J connectivity index is 1.89. The molecule has 0 unspecified atom stereocenters. The molecule has 5 nitrogen and oxygen atoms in total. The van der Waals surface area contributed by atoms with Gasteiger partial charge in [-0.15, -0.1) is 0 Å². The second kappa shape index (κ2) is 5.76. The van der Waals surface area contributed by atoms with Gasteiger partial charge in [0.1, 0.15) is 11.5 Å². The summed E-state index contributed by atoms with van der Waals surface area (Å²) in [5.74, 6) is 1.06. The van der Waals surface area contributed by atoms with Crippen molar-refractivity contribution in [2.45, 2.75) is 6.54 Å². The molecule has 0 aliphatic heterocycles. The largest absolute Gasteiger partial charge is 0.383 e. The first kappa shape index (κ1) is 13.3. The third-order valence-electron chi connectivity index (χ3n) is 3.24. The van der Waals surface area contributed by atoms with E-state index in [0.717, 1.165) is 23.4 Å². The molecular formula is C16H16N4O. The standard InChI is InChI=1S/C16H16N4O/c1-18-10-11-4-6-12(7-5-11)14-9-15(21-20-14)13-3-2-8-19-16(13)17/h2-9,18H,10H2,1H3,(H2,17,19). The highest BCUT2D eigenvalue weighted by atomic mass is 16.5. The first-order valence-corrected chi connectivity index (χ1v) is 6.69. The van der Waals surface area contributed by atoms with Crippen molar-refractivity contribution in [3.05, 3.63) is 54.2 Å². The van der Waals surface area contributed by atoms with Crippen LogP contribution in [0.1, 0.15) is 5.56 Å². The maximum absolute atomic E-state index is 5.85. The summed E-state index contributed by atoms with van der Waals surface area (Å²) in [6.07, 6.45) is 1.65. The topological polar surface area (TPSA) is 77.0 Å². The molecular weight excluding hydrogens is 264 g/mol. The van der Waals surface area contributed by atoms with Crippen LogP contribution >= 0.6 is 0 Å². The fourth-order valence-corrected chi connectivity index (χ4v) is 2.16. The van der Waals surface area contributed by atoms with Crippen molar-refractivity contribution >= 4 is 5.82 Å². The number of nitrogens with zero attached hydrogens (tertiary/aromatic N) is 2. The summed E-state index contributed by atoms with van der Waals surface area (Å²) in [4.78, 5) is 4.05. The average Bonchev–Trinajstić information content (AvgIpc) is 2.98. The number of pyridine rings is 1. The molecule has 0 aliphatic carbocycles. The third kappa shape index (κ3) is 2.78. The molecule has 0 saturated carbocycles. The van der Waals surface area contributed by atoms with Crippen LogP contribution in [0.2, 0.25) is 0 Å². The molecule has 0 aliphatic rings. The summed E-state index contributed by atoms with van der Waals surface area (Å²) in [5, 5.41) is 7.23. The molecule has 0 radical (unpaired) electrons. The third-order valence-corrected chi connectivity index (χ3v) is 3.24. The van der Waals surface area contributed by atoms with Gasteiger partial charge in [-0.25, -0.2) is 4.98 Å². The Morgan fingerprint density at radius 3 is 2.71 bits per heavy atom. The molecule has 106 valence electrons. The van der Waals surface area contributed by atoms with E-state index >= 15 is 0 Å². The zero-order valence-electron chi connectivity index (χ0n) is 11.7. The Morgan fingerprint density at radius 2 is 2.00 bits per heavy atom. The molecule has 0 spiro atoms. The first-order valence-electron chi connectivity index (χ1n) is 6.69. The summed E-state index contributed by atoms with van der Waals surface area (Å²) < 4.78 is 5.38. The highest BCUT2D eigenvalue weighted by molar-refractivity contribution is 5.73. The predicted octanol–water partition coefficient (Wildman–Crippen LogP) is 2.71. The van der Waals surface area contributed by atoms with Crippen molar-refractivity contribution in [3.8, 4) is 22.6 Å². The summed E-state index contributed by atoms with van der Waals surface area (Å²) >= 11 is 0. The number of benzene rings is 1. The number of nitrogens with two attached hydrogens (primary N) is 1. The van der Waals surface area contributed by atoms with Gasteiger partial charge in [0, 0.05) is 24.4 Å². The Morgan fingerprint density at radius 1 is 1.19 bits per heavy atom. The van der Waals surface area contributed by atoms with Gasteiger partial charge in [-0.2, -0.15) is 0 Å². The predicted molar refractivity (Wildman–Crippen MR) is 82.3 cm³/mol. The van der Waals surface area contributed by atoms with E-state index in [9.17, 15) is 0 Å². The van der Waals surface area contributed by atoms with Crippen LogP contribution in [0.5, 0.6) is 0 Å². The molecule has 2 heterocycles. The highest BCUT2D eigenvalue weighted by Crippen LogP contribution is 2.28. The minimum atomic E-state index is 0.435. The zero-order chi connectivity index (χ0) is 14.7. The number of anilines is 1. The van der Waals surface area contributed by atoms with E-state index in [2.05, 4.69) is 27.6 Å². The minimum Gasteiger partial charge on any atom is -0.383 e. The lowest BCUT2D eigenvalue weighted by Crippen LogP contribution is -2.04. The second-order valence-corrected chi connectivity index (χ2v) is 4.74. The Bertz CT molecular complexity index is 734. The quantitative estimate of drug-likeness (QED) is 0.768. The lowest BCUT2D eigenvalue weighted by Gasteiger charge is -2.00. The van der Waals surface area contributed by atoms with Gasteiger partial charge in [0.05, 0.1) is 5.56 Å². The molecule has 0 fully saturated rings. The second-order valence-electron chi connectivity index (χ2n) is 4.74. The van der Waals surface area contributed by atoms with Gasteiger partial charge in [-0.3, -0.25) is 0 Å². The van der Waals surface area contributed by atoms with Gasteiger partial charge in [0.2, 0.25) is 0 Å². The van der Waals surface area contributed by atoms with Crippen LogP contribution in [0.15, 0.2) is 53.2 Å². The van der Waals surface area contributed by atoms with E-state index in [0.29, 0.717) is 11.6 Å². The average molecular weight is 280 g/mol. The van der Waals surface area contributed by atoms with E-state index in [1.54, 1.807) is 6.20 Å². The fourth-order valence-electron chi connectivity index (χ4n) is 2.16. The maximum atomic E-state index is 5.85. The Labute approximate surface area is 122 Å². The summed E-state index contributed by atoms with van der Waals surface area (Å²) in [7, 11) is 1.93. The molecule has 0 atom stereocenters. The van der Waals surface area contributed by atoms with Crippen molar-refractivity contribution < 1.29 is 4.52 Å². The number of nitrogens with one attached hydrogen (secondary N) is 1. The minimum absolute atomic E-state index is 0.435. The van der Waals surface area contributed by atoms with Gasteiger partial charge in [0.25, 0.3) is 0 Å². The summed E-state index contributed by atoms with van der Waals surface area (Å²) in [5.41, 5.74) is 9.61. The fraction of sp³-hybridized carbons (Fsp3) is 0.125. The van der Waals surface area contributed by atoms with Crippen LogP contribution in [0.3, 0.4) is 0 Å². The smallest absolute Gasteiger partial charge is 0.171 e. The molecule has 0 bridgehead atoms. The van der Waals surface area contributed by atoms with E-state index < -0.39 is 0 Å². The van der Waals surface area contributed by atoms with Crippen molar-refractivity contribution in [2.24, 2.45) is 0 Å². The number of hydrogen-bond donors (Lipinski definition) is 2. The van der Waals surface area contributed by atoms with E-state index in [4.69, 9.17) is 10.3 Å². The summed E-state index contributed by atoms with van der Waals surface area (Å²) in [6, 6.07) is 13.8. The normalized spacial score (nSPS) is 10.7. The van der Waals surface area contributed by atoms with Gasteiger partial charge in [-0.05, 0) is 24.7 Å². The van der Waals surface area contributed by atoms with Gasteiger partial charge in [0.15, 0.2) is 5.76 Å². The van der Waals surface area contributed by atoms with E-state index in [-0.39, 0.29) is 0 Å². The lowest BCUT2D eigenvalue weighted by molar-refractivity contribution is 0.435. The molecule has 3 N–H and O–H groups in total. The number of aromatic nitrogens is 2. The summed E-state index contributed by atoms with van der Waals surface area (Å²) in [6.45, 7) is 0.844. The molecule has 0 amide bonds. The van der Waals surface area contributed by atoms with Crippen LogP contribution in [-0.4, -0.2) is 17.2 Å². The molecule has 5 heteroatoms. The Kier molecular flexibility index (Phi) is 3.66. The van der Waals surface area contributed by atoms with Crippen LogP contribution in [0.4, 0.5) is 5.82 Å². The first-order chi connectivity index (χ1) is 10.3. The SMILES string of the molecule is CNCc1ccc(-c2cc(-c3cccnc3N)on2)cc1. The van der Waals surface area contributed by atoms with Crippen molar-refractivity contribution in [2.75, 3.05) is 12.8 Å². The van der Waals surface area contributed by atoms with Crippen molar-refractivity contribution in [3.63, 3.8) is 0 Å². The van der Waals surface area contributed by atoms with Crippen LogP contribution in [0.25, 0.3) is 22.6 Å². The van der Waals surface area contributed by atoms with E-state index in [1.165, 1.54) is 5.56 Å². The molecule has 3 rings (SSSR count). The number of rotatable bonds is 4. The molecule has 0 saturated heterocycles. The Hall–Kier alpha value is -2.66. The van der Waals surface area contributed by atoms with Crippen LogP contribution in [-0.2, 0) is 6.54 Å². The van der Waals surface area contributed by atoms with Gasteiger partial charge >= 0.3 is 0 Å². The number of hydrogen-bond acceptors (Lipinski definition) is 5. The molecule has 3 aromatic rings. The maximum Gasteiger partial charge on any atom is 0.171 e. The lowest BCUT2D eigenvalue weighted by atomic mass is 10.1. The number of nitrogen functional groups attached to an aromatic ring is 1. The van der Waals surface area contributed by atoms with Crippen LogP contribution < -0.4 is 11.1 Å². The van der Waals surface area contributed by atoms with Crippen molar-refractivity contribution in [1.29, 1.82) is 0 Å². The monoisotopic (exact) mass is 280 g/mol. The van der Waals surface area contributed by atoms with Gasteiger partial charge in [-0.1, -0.05) is 29.4 Å². The molecule has 1 aromatic carbocycles. The van der Waals surface area contributed by atoms with E-state index in [1.807, 2.05) is 37.4 Å². The molecule has 2 aromatic heterocycles. The van der Waals surface area contributed by atoms with Crippen LogP contribution in [0, 0.1) is 0 Å². The zero-order valence-corrected chi connectivity index (χ0v) is 11.7. The van der Waals surface area contributed by atoms with Gasteiger partial charge < -0.3 is 15.6 Å². The molecule has 21 heavy (non-hydrogen) atoms.